The Bertz CT molecular complexity index is 1330. The van der Waals surface area contributed by atoms with Crippen LogP contribution in [0.1, 0.15) is 50.1 Å². The Labute approximate surface area is 215 Å². The molecule has 0 aliphatic carbocycles. The molecule has 3 rings (SSSR count). The van der Waals surface area contributed by atoms with Crippen molar-refractivity contribution in [3.8, 4) is 11.1 Å². The molecule has 36 heavy (non-hydrogen) atoms. The largest absolute Gasteiger partial charge is 0.402 e. The monoisotopic (exact) mass is 514 g/mol. The van der Waals surface area contributed by atoms with Gasteiger partial charge in [-0.3, -0.25) is 4.99 Å². The van der Waals surface area contributed by atoms with Gasteiger partial charge in [-0.25, -0.2) is 4.39 Å². The van der Waals surface area contributed by atoms with Crippen LogP contribution in [0.4, 0.5) is 13.2 Å². The molecule has 0 bridgehead atoms. The zero-order valence-electron chi connectivity index (χ0n) is 21.5. The van der Waals surface area contributed by atoms with Gasteiger partial charge in [0.15, 0.2) is 0 Å². The third-order valence-corrected chi connectivity index (χ3v) is 7.67. The summed E-state index contributed by atoms with van der Waals surface area (Å²) in [5.74, 6) is -3.47. The van der Waals surface area contributed by atoms with Crippen LogP contribution in [0.3, 0.4) is 0 Å². The minimum atomic E-state index is -3.09. The van der Waals surface area contributed by atoms with E-state index in [1.807, 2.05) is 45.0 Å². The van der Waals surface area contributed by atoms with Gasteiger partial charge in [0, 0.05) is 28.7 Å². The maximum absolute atomic E-state index is 14.9. The van der Waals surface area contributed by atoms with Crippen LogP contribution in [0, 0.1) is 5.82 Å². The number of aliphatic imine (C=N–C) groups is 1. The maximum atomic E-state index is 14.9. The average molecular weight is 515 g/mol. The van der Waals surface area contributed by atoms with Gasteiger partial charge in [-0.1, -0.05) is 31.7 Å². The highest BCUT2D eigenvalue weighted by molar-refractivity contribution is 7.19. The third-order valence-electron chi connectivity index (χ3n) is 6.39. The summed E-state index contributed by atoms with van der Waals surface area (Å²) in [4.78, 5) is 4.22. The molecular weight excluding hydrogens is 481 g/mol. The number of halogens is 3. The lowest BCUT2D eigenvalue weighted by Crippen LogP contribution is -2.14. The van der Waals surface area contributed by atoms with Crippen molar-refractivity contribution >= 4 is 27.1 Å². The molecule has 0 unspecified atom stereocenters. The summed E-state index contributed by atoms with van der Waals surface area (Å²) in [5, 5.41) is 0.759. The molecule has 0 aliphatic rings. The Morgan fingerprint density at radius 3 is 2.47 bits per heavy atom. The van der Waals surface area contributed by atoms with Crippen LogP contribution in [0.2, 0.25) is 0 Å². The summed E-state index contributed by atoms with van der Waals surface area (Å²) in [6.07, 6.45) is 1.02. The lowest BCUT2D eigenvalue weighted by atomic mass is 9.96. The van der Waals surface area contributed by atoms with Crippen molar-refractivity contribution in [2.24, 2.45) is 10.7 Å². The number of nitrogens with zero attached hydrogens (tertiary/aromatic N) is 1. The van der Waals surface area contributed by atoms with Crippen molar-refractivity contribution in [2.75, 3.05) is 13.7 Å². The second-order valence-electron chi connectivity index (χ2n) is 8.87. The van der Waals surface area contributed by atoms with E-state index >= 15 is 0 Å². The van der Waals surface area contributed by atoms with Crippen molar-refractivity contribution in [1.82, 2.24) is 0 Å². The second-order valence-corrected chi connectivity index (χ2v) is 9.92. The first-order valence-corrected chi connectivity index (χ1v) is 12.7. The summed E-state index contributed by atoms with van der Waals surface area (Å²) < 4.78 is 51.3. The predicted octanol–water partition coefficient (Wildman–Crippen LogP) is 8.17. The number of thiophene rings is 1. The molecule has 0 aliphatic heterocycles. The third kappa shape index (κ3) is 5.57. The maximum Gasteiger partial charge on any atom is 0.303 e. The van der Waals surface area contributed by atoms with Gasteiger partial charge in [0.25, 0.3) is 0 Å². The Balaban J connectivity index is 1.94. The molecule has 3 aromatic rings. The molecule has 0 atom stereocenters. The molecule has 3 nitrogen and oxygen atoms in total. The molecule has 0 saturated carbocycles. The second kappa shape index (κ2) is 11.4. The molecular formula is C29H33F3N2OS. The summed E-state index contributed by atoms with van der Waals surface area (Å²) in [7, 11) is 1.71. The van der Waals surface area contributed by atoms with E-state index in [4.69, 9.17) is 10.5 Å². The van der Waals surface area contributed by atoms with Crippen LogP contribution in [-0.2, 0) is 23.7 Å². The number of alkyl halides is 2. The van der Waals surface area contributed by atoms with Gasteiger partial charge >= 0.3 is 5.92 Å². The Hall–Kier alpha value is -2.90. The van der Waals surface area contributed by atoms with Crippen LogP contribution < -0.4 is 5.73 Å². The van der Waals surface area contributed by atoms with Crippen LogP contribution in [0.5, 0.6) is 0 Å². The van der Waals surface area contributed by atoms with E-state index in [2.05, 4.69) is 11.6 Å². The predicted molar refractivity (Wildman–Crippen MR) is 145 cm³/mol. The van der Waals surface area contributed by atoms with E-state index < -0.39 is 5.92 Å². The number of allylic oxidation sites excluding steroid dienone is 2. The van der Waals surface area contributed by atoms with Crippen molar-refractivity contribution < 1.29 is 17.9 Å². The molecule has 0 radical (unpaired) electrons. The lowest BCUT2D eigenvalue weighted by molar-refractivity contribution is 0.0419. The first-order chi connectivity index (χ1) is 17.0. The quantitative estimate of drug-likeness (QED) is 0.168. The average Bonchev–Trinajstić information content (AvgIpc) is 3.22. The first-order valence-electron chi connectivity index (χ1n) is 11.9. The number of hydrogen-bond donors (Lipinski definition) is 1. The minimum absolute atomic E-state index is 0.0254. The van der Waals surface area contributed by atoms with Gasteiger partial charge in [-0.15, -0.1) is 11.3 Å². The lowest BCUT2D eigenvalue weighted by Gasteiger charge is -2.16. The summed E-state index contributed by atoms with van der Waals surface area (Å²) >= 11 is 1.09. The fourth-order valence-corrected chi connectivity index (χ4v) is 5.57. The Morgan fingerprint density at radius 1 is 1.14 bits per heavy atom. The zero-order valence-corrected chi connectivity index (χ0v) is 22.3. The Kier molecular flexibility index (Phi) is 8.80. The fraction of sp³-hybridized carbons (Fsp3) is 0.345. The fourth-order valence-electron chi connectivity index (χ4n) is 4.24. The molecule has 2 N–H and O–H groups in total. The molecule has 2 aromatic carbocycles. The molecule has 0 amide bonds. The van der Waals surface area contributed by atoms with Crippen LogP contribution in [0.25, 0.3) is 21.2 Å². The van der Waals surface area contributed by atoms with E-state index in [-0.39, 0.29) is 22.9 Å². The number of ether oxygens (including phenoxy) is 1. The smallest absolute Gasteiger partial charge is 0.303 e. The normalized spacial score (nSPS) is 13.3. The standard InChI is InChI=1S/C29H33F3N2OS/c1-7-21-24-15-20(11-12-27(24)36-28(21)29(31,32)17(2)3)23-9-8-10-26(30)25(23)16-35-14-13-22(18(4)33)19(5)34-6/h8-12,15H,2,7,13-14,16,33H2,1,3-6H3. The number of rotatable bonds is 10. The van der Waals surface area contributed by atoms with Gasteiger partial charge < -0.3 is 10.5 Å². The molecule has 1 aromatic heterocycles. The highest BCUT2D eigenvalue weighted by Crippen LogP contribution is 2.45. The number of hydrogen-bond acceptors (Lipinski definition) is 4. The van der Waals surface area contributed by atoms with Gasteiger partial charge in [-0.2, -0.15) is 8.78 Å². The Morgan fingerprint density at radius 2 is 1.86 bits per heavy atom. The van der Waals surface area contributed by atoms with Crippen molar-refractivity contribution in [3.63, 3.8) is 0 Å². The minimum Gasteiger partial charge on any atom is -0.402 e. The summed E-state index contributed by atoms with van der Waals surface area (Å²) in [6.45, 7) is 10.8. The summed E-state index contributed by atoms with van der Waals surface area (Å²) in [6, 6.07) is 10.4. The van der Waals surface area contributed by atoms with Crippen LogP contribution >= 0.6 is 11.3 Å². The number of fused-ring (bicyclic) bond motifs is 1. The molecule has 7 heteroatoms. The summed E-state index contributed by atoms with van der Waals surface area (Å²) in [5.41, 5.74) is 10.7. The SMILES string of the molecule is C=C(C)C(F)(F)c1sc2ccc(-c3cccc(F)c3COCCC(C(C)=NC)=C(C)N)cc2c1CC. The van der Waals surface area contributed by atoms with Crippen molar-refractivity contribution in [3.05, 3.63) is 81.6 Å². The first kappa shape index (κ1) is 27.7. The van der Waals surface area contributed by atoms with Crippen LogP contribution in [0.15, 0.2) is 64.8 Å². The van der Waals surface area contributed by atoms with Crippen LogP contribution in [-0.4, -0.2) is 19.4 Å². The topological polar surface area (TPSA) is 47.6 Å². The zero-order chi connectivity index (χ0) is 26.6. The van der Waals surface area contributed by atoms with Gasteiger partial charge in [0.1, 0.15) is 5.82 Å². The molecule has 0 saturated heterocycles. The highest BCUT2D eigenvalue weighted by Gasteiger charge is 2.37. The number of benzene rings is 2. The molecule has 1 heterocycles. The number of aryl methyl sites for hydroxylation is 1. The van der Waals surface area contributed by atoms with Gasteiger partial charge in [0.05, 0.1) is 18.1 Å². The van der Waals surface area contributed by atoms with E-state index in [1.165, 1.54) is 13.0 Å². The van der Waals surface area contributed by atoms with Gasteiger partial charge in [-0.05, 0) is 85.0 Å². The van der Waals surface area contributed by atoms with E-state index in [1.54, 1.807) is 13.1 Å². The molecule has 0 spiro atoms. The molecule has 192 valence electrons. The van der Waals surface area contributed by atoms with Crippen molar-refractivity contribution in [2.45, 2.75) is 53.1 Å². The van der Waals surface area contributed by atoms with E-state index in [0.29, 0.717) is 41.8 Å². The van der Waals surface area contributed by atoms with Gasteiger partial charge in [0.2, 0.25) is 0 Å². The van der Waals surface area contributed by atoms with E-state index in [0.717, 1.165) is 38.3 Å². The number of nitrogens with two attached hydrogens (primary N) is 1. The van der Waals surface area contributed by atoms with Crippen molar-refractivity contribution in [1.29, 1.82) is 0 Å². The molecule has 0 fully saturated rings. The highest BCUT2D eigenvalue weighted by atomic mass is 32.1. The van der Waals surface area contributed by atoms with E-state index in [9.17, 15) is 13.2 Å².